The molecule has 0 aliphatic carbocycles. The highest BCUT2D eigenvalue weighted by Crippen LogP contribution is 2.26. The van der Waals surface area contributed by atoms with Crippen molar-refractivity contribution in [3.05, 3.63) is 59.7 Å². The van der Waals surface area contributed by atoms with Crippen LogP contribution < -0.4 is 14.8 Å². The molecule has 1 aliphatic heterocycles. The Hall–Kier alpha value is -3.61. The maximum Gasteiger partial charge on any atom is 0.573 e. The maximum absolute atomic E-state index is 12.4. The number of fused-ring (bicyclic) bond motifs is 1. The lowest BCUT2D eigenvalue weighted by Crippen LogP contribution is -2.29. The normalized spacial score (nSPS) is 15.5. The van der Waals surface area contributed by atoms with Crippen LogP contribution in [0.1, 0.15) is 11.1 Å². The molecule has 0 unspecified atom stereocenters. The average Bonchev–Trinajstić information content (AvgIpc) is 2.99. The van der Waals surface area contributed by atoms with Crippen molar-refractivity contribution >= 4 is 27.7 Å². The number of carbonyl (C=O) groups is 2. The smallest absolute Gasteiger partial charge is 0.454 e. The Morgan fingerprint density at radius 2 is 1.75 bits per heavy atom. The minimum atomic E-state index is -4.88. The van der Waals surface area contributed by atoms with Crippen LogP contribution >= 0.6 is 0 Å². The van der Waals surface area contributed by atoms with Gasteiger partial charge in [0.25, 0.3) is 15.9 Å². The van der Waals surface area contributed by atoms with Crippen molar-refractivity contribution in [2.24, 2.45) is 4.99 Å². The van der Waals surface area contributed by atoms with Crippen molar-refractivity contribution in [1.82, 2.24) is 10.0 Å². The Labute approximate surface area is 180 Å². The number of aliphatic imine (C=N–C) groups is 1. The molecule has 0 radical (unpaired) electrons. The van der Waals surface area contributed by atoms with Crippen LogP contribution in [0.4, 0.5) is 13.2 Å². The highest BCUT2D eigenvalue weighted by Gasteiger charge is 2.32. The summed E-state index contributed by atoms with van der Waals surface area (Å²) in [5.41, 5.74) is 0.376. The SMILES string of the molecule is O=C(COC(=O)CN=C1NS(=O)(=O)c2ccccc21)NCc1ccccc1OC(F)(F)F. The molecule has 0 saturated heterocycles. The minimum Gasteiger partial charge on any atom is -0.454 e. The fraction of sp³-hybridized carbons (Fsp3) is 0.211. The molecule has 3 rings (SSSR count). The number of nitrogens with zero attached hydrogens (tertiary/aromatic N) is 1. The van der Waals surface area contributed by atoms with Gasteiger partial charge in [0.1, 0.15) is 18.1 Å². The number of halogens is 3. The number of sulfonamides is 1. The van der Waals surface area contributed by atoms with Gasteiger partial charge >= 0.3 is 12.3 Å². The fourth-order valence-corrected chi connectivity index (χ4v) is 3.96. The zero-order chi connectivity index (χ0) is 23.4. The third-order valence-electron chi connectivity index (χ3n) is 4.07. The van der Waals surface area contributed by atoms with Crippen molar-refractivity contribution in [2.45, 2.75) is 17.8 Å². The molecule has 0 atom stereocenters. The summed E-state index contributed by atoms with van der Waals surface area (Å²) >= 11 is 0. The lowest BCUT2D eigenvalue weighted by atomic mass is 10.2. The molecule has 1 amide bonds. The van der Waals surface area contributed by atoms with Crippen LogP contribution in [0.2, 0.25) is 0 Å². The largest absolute Gasteiger partial charge is 0.573 e. The number of alkyl halides is 3. The third-order valence-corrected chi connectivity index (χ3v) is 5.46. The molecule has 0 bridgehead atoms. The molecule has 9 nitrogen and oxygen atoms in total. The second-order valence-electron chi connectivity index (χ2n) is 6.36. The summed E-state index contributed by atoms with van der Waals surface area (Å²) < 4.78 is 72.1. The Morgan fingerprint density at radius 3 is 2.50 bits per heavy atom. The summed E-state index contributed by atoms with van der Waals surface area (Å²) in [7, 11) is -3.75. The van der Waals surface area contributed by atoms with Gasteiger partial charge in [-0.2, -0.15) is 0 Å². The van der Waals surface area contributed by atoms with E-state index in [1.54, 1.807) is 12.1 Å². The molecule has 32 heavy (non-hydrogen) atoms. The zero-order valence-corrected chi connectivity index (χ0v) is 17.0. The van der Waals surface area contributed by atoms with Crippen LogP contribution in [0, 0.1) is 0 Å². The zero-order valence-electron chi connectivity index (χ0n) is 16.2. The van der Waals surface area contributed by atoms with E-state index in [9.17, 15) is 31.2 Å². The molecule has 0 fully saturated rings. The van der Waals surface area contributed by atoms with Gasteiger partial charge in [0, 0.05) is 17.7 Å². The first-order chi connectivity index (χ1) is 15.0. The summed E-state index contributed by atoms with van der Waals surface area (Å²) in [5.74, 6) is -2.16. The number of hydrogen-bond acceptors (Lipinski definition) is 7. The quantitative estimate of drug-likeness (QED) is 0.590. The summed E-state index contributed by atoms with van der Waals surface area (Å²) in [6.07, 6.45) is -4.88. The minimum absolute atomic E-state index is 0.0247. The van der Waals surface area contributed by atoms with Gasteiger partial charge in [0.2, 0.25) is 0 Å². The van der Waals surface area contributed by atoms with E-state index in [0.29, 0.717) is 5.56 Å². The fourth-order valence-electron chi connectivity index (χ4n) is 2.71. The van der Waals surface area contributed by atoms with E-state index in [0.717, 1.165) is 6.07 Å². The summed E-state index contributed by atoms with van der Waals surface area (Å²) in [6, 6.07) is 11.3. The molecule has 2 aromatic rings. The van der Waals surface area contributed by atoms with E-state index in [1.807, 2.05) is 0 Å². The highest BCUT2D eigenvalue weighted by molar-refractivity contribution is 7.90. The lowest BCUT2D eigenvalue weighted by molar-refractivity contribution is -0.274. The number of benzene rings is 2. The van der Waals surface area contributed by atoms with E-state index >= 15 is 0 Å². The second kappa shape index (κ2) is 9.26. The molecule has 1 aliphatic rings. The molecule has 0 saturated carbocycles. The van der Waals surface area contributed by atoms with Crippen molar-refractivity contribution in [1.29, 1.82) is 0 Å². The number of amides is 1. The van der Waals surface area contributed by atoms with Gasteiger partial charge in [-0.1, -0.05) is 30.3 Å². The summed E-state index contributed by atoms with van der Waals surface area (Å²) in [6.45, 7) is -1.54. The standard InChI is InChI=1S/C19H16F3N3O6S/c20-19(21,22)31-14-7-3-1-5-12(14)9-23-16(26)11-30-17(27)10-24-18-13-6-2-4-8-15(13)32(28,29)25-18/h1-8H,9-11H2,(H,23,26)(H,24,25). The van der Waals surface area contributed by atoms with Crippen molar-refractivity contribution in [3.63, 3.8) is 0 Å². The molecule has 2 aromatic carbocycles. The van der Waals surface area contributed by atoms with Crippen LogP contribution in [0.15, 0.2) is 58.4 Å². The first kappa shape index (κ1) is 23.1. The van der Waals surface area contributed by atoms with Gasteiger partial charge in [-0.15, -0.1) is 13.2 Å². The average molecular weight is 471 g/mol. The van der Waals surface area contributed by atoms with E-state index in [-0.39, 0.29) is 22.8 Å². The predicted octanol–water partition coefficient (Wildman–Crippen LogP) is 1.48. The van der Waals surface area contributed by atoms with Crippen molar-refractivity contribution in [3.8, 4) is 5.75 Å². The van der Waals surface area contributed by atoms with Crippen LogP contribution in [-0.2, 0) is 30.9 Å². The van der Waals surface area contributed by atoms with E-state index in [2.05, 4.69) is 19.8 Å². The molecular formula is C19H16F3N3O6S. The predicted molar refractivity (Wildman–Crippen MR) is 104 cm³/mol. The van der Waals surface area contributed by atoms with E-state index in [1.165, 1.54) is 30.3 Å². The Bertz CT molecular complexity index is 1160. The van der Waals surface area contributed by atoms with Crippen molar-refractivity contribution < 1.29 is 40.7 Å². The maximum atomic E-state index is 12.4. The third kappa shape index (κ3) is 5.97. The lowest BCUT2D eigenvalue weighted by Gasteiger charge is -2.13. The molecule has 2 N–H and O–H groups in total. The van der Waals surface area contributed by atoms with Gasteiger partial charge < -0.3 is 14.8 Å². The molecule has 170 valence electrons. The molecule has 13 heteroatoms. The number of hydrogen-bond donors (Lipinski definition) is 2. The second-order valence-corrected chi connectivity index (χ2v) is 8.01. The molecule has 0 aromatic heterocycles. The first-order valence-electron chi connectivity index (χ1n) is 8.98. The summed E-state index contributed by atoms with van der Waals surface area (Å²) in [4.78, 5) is 27.6. The van der Waals surface area contributed by atoms with Crippen molar-refractivity contribution in [2.75, 3.05) is 13.2 Å². The number of para-hydroxylation sites is 1. The van der Waals surface area contributed by atoms with Gasteiger partial charge in [-0.3, -0.25) is 19.3 Å². The Morgan fingerprint density at radius 1 is 1.06 bits per heavy atom. The van der Waals surface area contributed by atoms with Gasteiger partial charge in [0.15, 0.2) is 6.61 Å². The molecular weight excluding hydrogens is 455 g/mol. The number of ether oxygens (including phenoxy) is 2. The highest BCUT2D eigenvalue weighted by atomic mass is 32.2. The number of carbonyl (C=O) groups excluding carboxylic acids is 2. The van der Waals surface area contributed by atoms with Gasteiger partial charge in [0.05, 0.1) is 4.90 Å². The monoisotopic (exact) mass is 471 g/mol. The molecule has 1 heterocycles. The number of amidine groups is 1. The van der Waals surface area contributed by atoms with E-state index < -0.39 is 47.2 Å². The number of rotatable bonds is 7. The van der Waals surface area contributed by atoms with E-state index in [4.69, 9.17) is 4.74 Å². The Balaban J connectivity index is 1.49. The van der Waals surface area contributed by atoms with Gasteiger partial charge in [-0.05, 0) is 18.2 Å². The Kier molecular flexibility index (Phi) is 6.67. The van der Waals surface area contributed by atoms with Gasteiger partial charge in [-0.25, -0.2) is 8.42 Å². The molecule has 0 spiro atoms. The van der Waals surface area contributed by atoms with Crippen LogP contribution in [-0.4, -0.2) is 45.6 Å². The van der Waals surface area contributed by atoms with Crippen LogP contribution in [0.5, 0.6) is 5.75 Å². The number of nitrogens with one attached hydrogen (secondary N) is 2. The van der Waals surface area contributed by atoms with Crippen LogP contribution in [0.3, 0.4) is 0 Å². The topological polar surface area (TPSA) is 123 Å². The van der Waals surface area contributed by atoms with Crippen LogP contribution in [0.25, 0.3) is 0 Å². The number of esters is 1. The summed E-state index contributed by atoms with van der Waals surface area (Å²) in [5, 5.41) is 2.31. The first-order valence-corrected chi connectivity index (χ1v) is 10.5.